The van der Waals surface area contributed by atoms with E-state index in [0.717, 1.165) is 11.1 Å². The fourth-order valence-corrected chi connectivity index (χ4v) is 2.75. The van der Waals surface area contributed by atoms with Gasteiger partial charge in [-0.2, -0.15) is 5.10 Å². The summed E-state index contributed by atoms with van der Waals surface area (Å²) in [6.07, 6.45) is 0.0588. The van der Waals surface area contributed by atoms with Gasteiger partial charge >= 0.3 is 5.97 Å². The van der Waals surface area contributed by atoms with E-state index < -0.39 is 6.04 Å². The molecular weight excluding hydrogens is 342 g/mol. The number of amides is 1. The maximum Gasteiger partial charge on any atom is 0.308 e. The Balaban J connectivity index is 1.76. The van der Waals surface area contributed by atoms with Crippen LogP contribution in [-0.2, 0) is 9.53 Å². The van der Waals surface area contributed by atoms with Crippen molar-refractivity contribution in [1.29, 1.82) is 0 Å². The Morgan fingerprint density at radius 2 is 1.74 bits per heavy atom. The number of esters is 1. The molecule has 1 atom stereocenters. The fraction of sp³-hybridized carbons (Fsp3) is 0.190. The minimum atomic E-state index is -0.485. The zero-order valence-electron chi connectivity index (χ0n) is 15.0. The number of benzene rings is 2. The number of ether oxygens (including phenoxy) is 1. The van der Waals surface area contributed by atoms with Crippen LogP contribution in [0, 0.1) is 0 Å². The van der Waals surface area contributed by atoms with Crippen molar-refractivity contribution in [3.8, 4) is 11.3 Å². The van der Waals surface area contributed by atoms with Crippen molar-refractivity contribution in [2.45, 2.75) is 19.4 Å². The lowest BCUT2D eigenvalue weighted by molar-refractivity contribution is -0.143. The Kier molecular flexibility index (Phi) is 5.99. The Bertz CT molecular complexity index is 891. The van der Waals surface area contributed by atoms with Gasteiger partial charge in [0, 0.05) is 5.56 Å². The molecule has 0 fully saturated rings. The number of aromatic amines is 1. The van der Waals surface area contributed by atoms with Crippen molar-refractivity contribution >= 4 is 11.9 Å². The van der Waals surface area contributed by atoms with Crippen LogP contribution in [0.25, 0.3) is 11.3 Å². The second-order valence-electron chi connectivity index (χ2n) is 5.98. The van der Waals surface area contributed by atoms with E-state index in [1.165, 1.54) is 0 Å². The summed E-state index contributed by atoms with van der Waals surface area (Å²) in [4.78, 5) is 24.6. The lowest BCUT2D eigenvalue weighted by atomic mass is 10.0. The minimum absolute atomic E-state index is 0.0588. The molecule has 3 aromatic rings. The third kappa shape index (κ3) is 4.82. The van der Waals surface area contributed by atoms with E-state index in [9.17, 15) is 9.59 Å². The number of carbonyl (C=O) groups excluding carboxylic acids is 2. The predicted octanol–water partition coefficient (Wildman–Crippen LogP) is 3.50. The van der Waals surface area contributed by atoms with Crippen molar-refractivity contribution in [3.63, 3.8) is 0 Å². The molecule has 27 heavy (non-hydrogen) atoms. The van der Waals surface area contributed by atoms with Crippen LogP contribution in [-0.4, -0.2) is 28.7 Å². The average molecular weight is 363 g/mol. The lowest BCUT2D eigenvalue weighted by Gasteiger charge is -2.18. The highest BCUT2D eigenvalue weighted by Crippen LogP contribution is 2.20. The number of hydrogen-bond donors (Lipinski definition) is 2. The molecule has 0 aliphatic heterocycles. The van der Waals surface area contributed by atoms with Crippen molar-refractivity contribution in [3.05, 3.63) is 78.0 Å². The van der Waals surface area contributed by atoms with Gasteiger partial charge in [0.2, 0.25) is 0 Å². The van der Waals surface area contributed by atoms with E-state index in [0.29, 0.717) is 18.0 Å². The molecule has 0 aliphatic rings. The topological polar surface area (TPSA) is 84.1 Å². The average Bonchev–Trinajstić information content (AvgIpc) is 3.19. The van der Waals surface area contributed by atoms with Gasteiger partial charge in [-0.3, -0.25) is 14.7 Å². The van der Waals surface area contributed by atoms with Gasteiger partial charge in [0.05, 0.1) is 24.8 Å². The Labute approximate surface area is 157 Å². The molecule has 1 heterocycles. The van der Waals surface area contributed by atoms with Gasteiger partial charge < -0.3 is 10.1 Å². The molecule has 0 aliphatic carbocycles. The summed E-state index contributed by atoms with van der Waals surface area (Å²) in [7, 11) is 0. The summed E-state index contributed by atoms with van der Waals surface area (Å²) in [5.74, 6) is -0.691. The number of rotatable bonds is 7. The highest BCUT2D eigenvalue weighted by Gasteiger charge is 2.21. The van der Waals surface area contributed by atoms with Gasteiger partial charge in [0.25, 0.3) is 5.91 Å². The monoisotopic (exact) mass is 363 g/mol. The van der Waals surface area contributed by atoms with Crippen LogP contribution in [0.3, 0.4) is 0 Å². The first kappa shape index (κ1) is 18.4. The van der Waals surface area contributed by atoms with Crippen LogP contribution in [0.4, 0.5) is 0 Å². The minimum Gasteiger partial charge on any atom is -0.466 e. The molecule has 6 nitrogen and oxygen atoms in total. The van der Waals surface area contributed by atoms with Crippen LogP contribution < -0.4 is 5.32 Å². The third-order valence-corrected chi connectivity index (χ3v) is 4.08. The number of H-pyrrole nitrogens is 1. The molecule has 3 rings (SSSR count). The molecule has 0 bridgehead atoms. The van der Waals surface area contributed by atoms with E-state index in [2.05, 4.69) is 15.5 Å². The molecule has 138 valence electrons. The highest BCUT2D eigenvalue weighted by molar-refractivity contribution is 5.94. The molecule has 6 heteroatoms. The van der Waals surface area contributed by atoms with Crippen molar-refractivity contribution < 1.29 is 14.3 Å². The van der Waals surface area contributed by atoms with Crippen molar-refractivity contribution in [2.75, 3.05) is 6.61 Å². The fourth-order valence-electron chi connectivity index (χ4n) is 2.75. The first-order valence-corrected chi connectivity index (χ1v) is 8.79. The summed E-state index contributed by atoms with van der Waals surface area (Å²) in [6, 6.07) is 20.1. The second kappa shape index (κ2) is 8.80. The van der Waals surface area contributed by atoms with Crippen LogP contribution in [0.15, 0.2) is 66.7 Å². The molecule has 0 radical (unpaired) electrons. The number of carbonyl (C=O) groups is 2. The van der Waals surface area contributed by atoms with Crippen LogP contribution in [0.5, 0.6) is 0 Å². The molecule has 2 aromatic carbocycles. The Morgan fingerprint density at radius 3 is 2.41 bits per heavy atom. The molecule has 0 spiro atoms. The van der Waals surface area contributed by atoms with Crippen molar-refractivity contribution in [1.82, 2.24) is 15.5 Å². The van der Waals surface area contributed by atoms with Gasteiger partial charge in [-0.25, -0.2) is 0 Å². The number of hydrogen-bond acceptors (Lipinski definition) is 4. The van der Waals surface area contributed by atoms with Crippen LogP contribution >= 0.6 is 0 Å². The maximum absolute atomic E-state index is 12.7. The van der Waals surface area contributed by atoms with Crippen LogP contribution in [0.1, 0.15) is 35.4 Å². The summed E-state index contributed by atoms with van der Waals surface area (Å²) in [5, 5.41) is 9.85. The first-order valence-electron chi connectivity index (χ1n) is 8.79. The van der Waals surface area contributed by atoms with Gasteiger partial charge in [-0.1, -0.05) is 60.7 Å². The van der Waals surface area contributed by atoms with E-state index in [1.54, 1.807) is 13.0 Å². The summed E-state index contributed by atoms with van der Waals surface area (Å²) in [6.45, 7) is 2.05. The molecule has 1 amide bonds. The van der Waals surface area contributed by atoms with Gasteiger partial charge in [0.1, 0.15) is 5.69 Å². The number of aromatic nitrogens is 2. The summed E-state index contributed by atoms with van der Waals surface area (Å²) < 4.78 is 5.03. The van der Waals surface area contributed by atoms with Gasteiger partial charge in [0.15, 0.2) is 0 Å². The van der Waals surface area contributed by atoms with E-state index in [-0.39, 0.29) is 18.3 Å². The molecule has 0 saturated heterocycles. The molecule has 2 N–H and O–H groups in total. The van der Waals surface area contributed by atoms with E-state index in [4.69, 9.17) is 4.74 Å². The summed E-state index contributed by atoms with van der Waals surface area (Å²) >= 11 is 0. The molecule has 1 unspecified atom stereocenters. The lowest BCUT2D eigenvalue weighted by Crippen LogP contribution is -2.31. The largest absolute Gasteiger partial charge is 0.466 e. The first-order chi connectivity index (χ1) is 13.2. The third-order valence-electron chi connectivity index (χ3n) is 4.08. The highest BCUT2D eigenvalue weighted by atomic mass is 16.5. The molecule has 1 aromatic heterocycles. The maximum atomic E-state index is 12.7. The second-order valence-corrected chi connectivity index (χ2v) is 5.98. The van der Waals surface area contributed by atoms with Gasteiger partial charge in [-0.15, -0.1) is 0 Å². The van der Waals surface area contributed by atoms with Gasteiger partial charge in [-0.05, 0) is 18.6 Å². The zero-order chi connectivity index (χ0) is 19.1. The molecular formula is C21H21N3O3. The predicted molar refractivity (Wildman–Crippen MR) is 102 cm³/mol. The number of nitrogens with one attached hydrogen (secondary N) is 2. The van der Waals surface area contributed by atoms with Crippen molar-refractivity contribution in [2.24, 2.45) is 0 Å². The number of nitrogens with zero attached hydrogens (tertiary/aromatic N) is 1. The van der Waals surface area contributed by atoms with E-state index in [1.807, 2.05) is 60.7 Å². The molecule has 0 saturated carbocycles. The summed E-state index contributed by atoms with van der Waals surface area (Å²) in [5.41, 5.74) is 2.77. The quantitative estimate of drug-likeness (QED) is 0.629. The van der Waals surface area contributed by atoms with Crippen LogP contribution in [0.2, 0.25) is 0 Å². The SMILES string of the molecule is CCOC(=O)CC(NC(=O)c1cc(-c2ccccc2)n[nH]1)c1ccccc1. The zero-order valence-corrected chi connectivity index (χ0v) is 15.0. The standard InChI is InChI=1S/C21H21N3O3/c1-2-27-20(25)14-17(15-9-5-3-6-10-15)22-21(26)19-13-18(23-24-19)16-11-7-4-8-12-16/h3-13,17H,2,14H2,1H3,(H,22,26)(H,23,24). The Hall–Kier alpha value is -3.41. The Morgan fingerprint density at radius 1 is 1.07 bits per heavy atom. The normalized spacial score (nSPS) is 11.6. The smallest absolute Gasteiger partial charge is 0.308 e. The van der Waals surface area contributed by atoms with E-state index >= 15 is 0 Å².